The standard InChI is InChI=1S/C17H16N4O4S/c22-26(23,14-4-2-1-3-5-14)21-10-11-24-15(12-21)17-19-16(20-25-17)13-6-8-18-9-7-13/h1-9,15H,10-12H2/t15-/m1/s1. The van der Waals surface area contributed by atoms with Gasteiger partial charge in [-0.05, 0) is 24.3 Å². The number of nitrogens with zero attached hydrogens (tertiary/aromatic N) is 4. The van der Waals surface area contributed by atoms with E-state index in [4.69, 9.17) is 9.26 Å². The number of hydrogen-bond donors (Lipinski definition) is 0. The minimum Gasteiger partial charge on any atom is -0.366 e. The average molecular weight is 372 g/mol. The molecule has 8 nitrogen and oxygen atoms in total. The van der Waals surface area contributed by atoms with Crippen molar-refractivity contribution >= 4 is 10.0 Å². The zero-order valence-corrected chi connectivity index (χ0v) is 14.5. The van der Waals surface area contributed by atoms with E-state index in [-0.39, 0.29) is 30.5 Å². The Bertz CT molecular complexity index is 976. The number of rotatable bonds is 4. The van der Waals surface area contributed by atoms with Crippen LogP contribution in [0.15, 0.2) is 64.3 Å². The third-order valence-corrected chi connectivity index (χ3v) is 5.95. The Morgan fingerprint density at radius 3 is 2.62 bits per heavy atom. The molecule has 1 saturated heterocycles. The smallest absolute Gasteiger partial charge is 0.257 e. The van der Waals surface area contributed by atoms with E-state index < -0.39 is 16.1 Å². The molecule has 4 rings (SSSR count). The molecule has 2 aromatic heterocycles. The summed E-state index contributed by atoms with van der Waals surface area (Å²) in [5.74, 6) is 0.666. The Labute approximate surface area is 150 Å². The Balaban J connectivity index is 1.55. The molecule has 1 aromatic carbocycles. The van der Waals surface area contributed by atoms with Crippen LogP contribution in [0.4, 0.5) is 0 Å². The lowest BCUT2D eigenvalue weighted by Crippen LogP contribution is -2.42. The van der Waals surface area contributed by atoms with Gasteiger partial charge in [0.25, 0.3) is 5.89 Å². The van der Waals surface area contributed by atoms with Crippen LogP contribution in [0.1, 0.15) is 12.0 Å². The SMILES string of the molecule is O=S(=O)(c1ccccc1)N1CCO[C@@H](c2nc(-c3ccncc3)no2)C1. The summed E-state index contributed by atoms with van der Waals surface area (Å²) < 4.78 is 37.9. The molecule has 134 valence electrons. The molecule has 9 heteroatoms. The van der Waals surface area contributed by atoms with Gasteiger partial charge in [-0.15, -0.1) is 0 Å². The molecule has 0 N–H and O–H groups in total. The lowest BCUT2D eigenvalue weighted by molar-refractivity contribution is -0.0199. The largest absolute Gasteiger partial charge is 0.366 e. The van der Waals surface area contributed by atoms with Gasteiger partial charge >= 0.3 is 0 Å². The predicted octanol–water partition coefficient (Wildman–Crippen LogP) is 1.89. The monoisotopic (exact) mass is 372 g/mol. The maximum Gasteiger partial charge on any atom is 0.257 e. The van der Waals surface area contributed by atoms with Crippen LogP contribution in [0.3, 0.4) is 0 Å². The lowest BCUT2D eigenvalue weighted by atomic mass is 10.2. The first kappa shape index (κ1) is 16.8. The highest BCUT2D eigenvalue weighted by Crippen LogP contribution is 2.27. The highest BCUT2D eigenvalue weighted by Gasteiger charge is 2.34. The molecule has 1 aliphatic heterocycles. The topological polar surface area (TPSA) is 98.4 Å². The van der Waals surface area contributed by atoms with Crippen molar-refractivity contribution in [3.8, 4) is 11.4 Å². The van der Waals surface area contributed by atoms with Gasteiger partial charge < -0.3 is 9.26 Å². The number of hydrogen-bond acceptors (Lipinski definition) is 7. The van der Waals surface area contributed by atoms with Gasteiger partial charge in [0.2, 0.25) is 15.8 Å². The van der Waals surface area contributed by atoms with Crippen LogP contribution in [0.25, 0.3) is 11.4 Å². The second-order valence-corrected chi connectivity index (χ2v) is 7.67. The maximum atomic E-state index is 12.8. The first-order valence-corrected chi connectivity index (χ1v) is 9.49. The molecule has 3 aromatic rings. The first-order chi connectivity index (χ1) is 12.6. The molecular formula is C17H16N4O4S. The summed E-state index contributed by atoms with van der Waals surface area (Å²) in [7, 11) is -3.59. The van der Waals surface area contributed by atoms with Crippen molar-refractivity contribution in [1.82, 2.24) is 19.4 Å². The molecule has 0 amide bonds. The van der Waals surface area contributed by atoms with Crippen LogP contribution < -0.4 is 0 Å². The minimum atomic E-state index is -3.59. The van der Waals surface area contributed by atoms with Crippen molar-refractivity contribution in [2.75, 3.05) is 19.7 Å². The van der Waals surface area contributed by atoms with Gasteiger partial charge in [0.1, 0.15) is 0 Å². The van der Waals surface area contributed by atoms with Gasteiger partial charge in [-0.25, -0.2) is 8.42 Å². The second-order valence-electron chi connectivity index (χ2n) is 5.73. The van der Waals surface area contributed by atoms with Crippen LogP contribution in [0.5, 0.6) is 0 Å². The van der Waals surface area contributed by atoms with Crippen molar-refractivity contribution in [3.63, 3.8) is 0 Å². The Morgan fingerprint density at radius 1 is 1.08 bits per heavy atom. The van der Waals surface area contributed by atoms with E-state index in [0.717, 1.165) is 5.56 Å². The Hall–Kier alpha value is -2.62. The number of pyridine rings is 1. The third kappa shape index (κ3) is 3.24. The maximum absolute atomic E-state index is 12.8. The van der Waals surface area contributed by atoms with E-state index in [1.807, 2.05) is 0 Å². The molecule has 3 heterocycles. The molecule has 26 heavy (non-hydrogen) atoms. The van der Waals surface area contributed by atoms with Crippen molar-refractivity contribution in [2.45, 2.75) is 11.0 Å². The molecule has 1 atom stereocenters. The highest BCUT2D eigenvalue weighted by molar-refractivity contribution is 7.89. The van der Waals surface area contributed by atoms with E-state index in [0.29, 0.717) is 5.82 Å². The summed E-state index contributed by atoms with van der Waals surface area (Å²) in [4.78, 5) is 8.54. The zero-order valence-electron chi connectivity index (χ0n) is 13.7. The van der Waals surface area contributed by atoms with E-state index >= 15 is 0 Å². The van der Waals surface area contributed by atoms with E-state index in [2.05, 4.69) is 15.1 Å². The lowest BCUT2D eigenvalue weighted by Gasteiger charge is -2.30. The van der Waals surface area contributed by atoms with Crippen LogP contribution in [-0.4, -0.2) is 47.5 Å². The van der Waals surface area contributed by atoms with E-state index in [9.17, 15) is 8.42 Å². The summed E-state index contributed by atoms with van der Waals surface area (Å²) in [5.41, 5.74) is 0.763. The van der Waals surface area contributed by atoms with Crippen molar-refractivity contribution in [2.24, 2.45) is 0 Å². The van der Waals surface area contributed by atoms with Crippen LogP contribution in [-0.2, 0) is 14.8 Å². The summed E-state index contributed by atoms with van der Waals surface area (Å²) in [6.07, 6.45) is 2.66. The van der Waals surface area contributed by atoms with Crippen molar-refractivity contribution in [3.05, 3.63) is 60.7 Å². The molecule has 0 unspecified atom stereocenters. The average Bonchev–Trinajstić information content (AvgIpc) is 3.20. The Morgan fingerprint density at radius 2 is 1.85 bits per heavy atom. The van der Waals surface area contributed by atoms with Crippen LogP contribution in [0.2, 0.25) is 0 Å². The summed E-state index contributed by atoms with van der Waals surface area (Å²) in [5, 5.41) is 3.95. The van der Waals surface area contributed by atoms with Gasteiger partial charge in [-0.3, -0.25) is 4.98 Å². The first-order valence-electron chi connectivity index (χ1n) is 8.05. The van der Waals surface area contributed by atoms with E-state index in [1.165, 1.54) is 4.31 Å². The molecule has 0 bridgehead atoms. The fourth-order valence-electron chi connectivity index (χ4n) is 2.72. The summed E-state index contributed by atoms with van der Waals surface area (Å²) in [6.45, 7) is 0.651. The molecule has 0 aliphatic carbocycles. The highest BCUT2D eigenvalue weighted by atomic mass is 32.2. The third-order valence-electron chi connectivity index (χ3n) is 4.07. The number of morpholine rings is 1. The second kappa shape index (κ2) is 6.94. The molecule has 0 saturated carbocycles. The van der Waals surface area contributed by atoms with Gasteiger partial charge in [-0.2, -0.15) is 9.29 Å². The number of benzene rings is 1. The van der Waals surface area contributed by atoms with Crippen LogP contribution >= 0.6 is 0 Å². The normalized spacial score (nSPS) is 18.7. The molecule has 1 fully saturated rings. The summed E-state index contributed by atoms with van der Waals surface area (Å²) >= 11 is 0. The van der Waals surface area contributed by atoms with Crippen LogP contribution in [0, 0.1) is 0 Å². The predicted molar refractivity (Wildman–Crippen MR) is 91.4 cm³/mol. The Kier molecular flexibility index (Phi) is 4.49. The van der Waals surface area contributed by atoms with Gasteiger partial charge in [0.05, 0.1) is 11.5 Å². The molecule has 0 spiro atoms. The van der Waals surface area contributed by atoms with Gasteiger partial charge in [-0.1, -0.05) is 23.4 Å². The fraction of sp³-hybridized carbons (Fsp3) is 0.235. The zero-order chi connectivity index (χ0) is 18.0. The van der Waals surface area contributed by atoms with E-state index in [1.54, 1.807) is 54.9 Å². The number of aromatic nitrogens is 3. The quantitative estimate of drug-likeness (QED) is 0.690. The number of sulfonamides is 1. The van der Waals surface area contributed by atoms with Crippen molar-refractivity contribution in [1.29, 1.82) is 0 Å². The minimum absolute atomic E-state index is 0.120. The molecule has 1 aliphatic rings. The molecule has 0 radical (unpaired) electrons. The van der Waals surface area contributed by atoms with Gasteiger partial charge in [0, 0.05) is 31.0 Å². The summed E-state index contributed by atoms with van der Waals surface area (Å²) in [6, 6.07) is 11.9. The molecular weight excluding hydrogens is 356 g/mol. The number of ether oxygens (including phenoxy) is 1. The van der Waals surface area contributed by atoms with Crippen molar-refractivity contribution < 1.29 is 17.7 Å². The van der Waals surface area contributed by atoms with Gasteiger partial charge in [0.15, 0.2) is 6.10 Å². The fourth-order valence-corrected chi connectivity index (χ4v) is 4.16.